The summed E-state index contributed by atoms with van der Waals surface area (Å²) in [4.78, 5) is 1.75. The molecular formula is C8H16N6. The van der Waals surface area contributed by atoms with E-state index in [1.165, 1.54) is 0 Å². The number of nitrogens with zero attached hydrogens (tertiary/aromatic N) is 1. The second kappa shape index (κ2) is 3.06. The van der Waals surface area contributed by atoms with Crippen molar-refractivity contribution in [3.8, 4) is 0 Å². The first-order valence-corrected chi connectivity index (χ1v) is 4.06. The van der Waals surface area contributed by atoms with Crippen LogP contribution in [0.5, 0.6) is 0 Å². The highest BCUT2D eigenvalue weighted by Crippen LogP contribution is 2.43. The van der Waals surface area contributed by atoms with Gasteiger partial charge in [-0.2, -0.15) is 0 Å². The van der Waals surface area contributed by atoms with Gasteiger partial charge in [0.25, 0.3) is 0 Å². The number of hydrogen-bond acceptors (Lipinski definition) is 6. The van der Waals surface area contributed by atoms with Crippen molar-refractivity contribution in [3.05, 3.63) is 0 Å². The molecule has 0 aliphatic heterocycles. The number of anilines is 6. The van der Waals surface area contributed by atoms with Crippen molar-refractivity contribution in [3.63, 3.8) is 0 Å². The first-order valence-electron chi connectivity index (χ1n) is 4.06. The van der Waals surface area contributed by atoms with E-state index in [1.54, 1.807) is 19.0 Å². The van der Waals surface area contributed by atoms with E-state index in [0.717, 1.165) is 0 Å². The molecule has 10 N–H and O–H groups in total. The molecular weight excluding hydrogens is 180 g/mol. The monoisotopic (exact) mass is 196 g/mol. The molecule has 0 spiro atoms. The van der Waals surface area contributed by atoms with Crippen molar-refractivity contribution in [1.29, 1.82) is 0 Å². The van der Waals surface area contributed by atoms with Crippen LogP contribution < -0.4 is 33.6 Å². The molecule has 0 bridgehead atoms. The summed E-state index contributed by atoms with van der Waals surface area (Å²) in [5.41, 5.74) is 30.6. The predicted octanol–water partition coefficient (Wildman–Crippen LogP) is -0.336. The number of hydrogen-bond donors (Lipinski definition) is 5. The summed E-state index contributed by atoms with van der Waals surface area (Å²) in [6, 6.07) is 0. The van der Waals surface area contributed by atoms with Gasteiger partial charge in [-0.25, -0.2) is 0 Å². The zero-order valence-corrected chi connectivity index (χ0v) is 8.33. The van der Waals surface area contributed by atoms with Crippen molar-refractivity contribution in [1.82, 2.24) is 0 Å². The lowest BCUT2D eigenvalue weighted by molar-refractivity contribution is 1.14. The van der Waals surface area contributed by atoms with Crippen LogP contribution in [0.1, 0.15) is 0 Å². The third-order valence-electron chi connectivity index (χ3n) is 2.12. The van der Waals surface area contributed by atoms with Crippen molar-refractivity contribution >= 4 is 34.1 Å². The molecule has 78 valence electrons. The summed E-state index contributed by atoms with van der Waals surface area (Å²) >= 11 is 0. The van der Waals surface area contributed by atoms with E-state index in [-0.39, 0.29) is 17.1 Å². The second-order valence-corrected chi connectivity index (χ2v) is 3.31. The van der Waals surface area contributed by atoms with E-state index in [1.807, 2.05) is 0 Å². The molecule has 0 atom stereocenters. The summed E-state index contributed by atoms with van der Waals surface area (Å²) in [6.45, 7) is 0. The molecule has 0 radical (unpaired) electrons. The van der Waals surface area contributed by atoms with Crippen LogP contribution in [0, 0.1) is 0 Å². The summed E-state index contributed by atoms with van der Waals surface area (Å²) in [6.07, 6.45) is 0. The molecule has 0 aliphatic rings. The van der Waals surface area contributed by atoms with Gasteiger partial charge in [0.1, 0.15) is 0 Å². The average Bonchev–Trinajstić information content (AvgIpc) is 2.11. The van der Waals surface area contributed by atoms with Gasteiger partial charge in [0.15, 0.2) is 0 Å². The predicted molar refractivity (Wildman–Crippen MR) is 62.8 cm³/mol. The van der Waals surface area contributed by atoms with Crippen molar-refractivity contribution < 1.29 is 0 Å². The maximum absolute atomic E-state index is 5.77. The quantitative estimate of drug-likeness (QED) is 0.390. The third kappa shape index (κ3) is 1.20. The minimum absolute atomic E-state index is 0.241. The van der Waals surface area contributed by atoms with Crippen LogP contribution in [0.15, 0.2) is 0 Å². The molecule has 0 aromatic heterocycles. The molecule has 0 saturated carbocycles. The fraction of sp³-hybridized carbons (Fsp3) is 0.250. The van der Waals surface area contributed by atoms with E-state index < -0.39 is 0 Å². The maximum atomic E-state index is 5.77. The van der Waals surface area contributed by atoms with E-state index >= 15 is 0 Å². The molecule has 0 aliphatic carbocycles. The fourth-order valence-electron chi connectivity index (χ4n) is 1.32. The SMILES string of the molecule is CN(C)c1c(N)c(N)c(N)c(N)c1N. The van der Waals surface area contributed by atoms with Gasteiger partial charge in [0, 0.05) is 14.1 Å². The van der Waals surface area contributed by atoms with E-state index in [2.05, 4.69) is 0 Å². The zero-order chi connectivity index (χ0) is 11.0. The molecule has 6 heteroatoms. The Bertz CT molecular complexity index is 342. The smallest absolute Gasteiger partial charge is 0.0872 e. The highest BCUT2D eigenvalue weighted by atomic mass is 15.1. The van der Waals surface area contributed by atoms with Gasteiger partial charge in [-0.1, -0.05) is 0 Å². The Morgan fingerprint density at radius 2 is 0.929 bits per heavy atom. The van der Waals surface area contributed by atoms with Crippen LogP contribution in [-0.4, -0.2) is 14.1 Å². The van der Waals surface area contributed by atoms with Crippen LogP contribution >= 0.6 is 0 Å². The van der Waals surface area contributed by atoms with Gasteiger partial charge in [0.2, 0.25) is 0 Å². The Kier molecular flexibility index (Phi) is 2.21. The van der Waals surface area contributed by atoms with Crippen LogP contribution in [0.3, 0.4) is 0 Å². The third-order valence-corrected chi connectivity index (χ3v) is 2.12. The highest BCUT2D eigenvalue weighted by molar-refractivity contribution is 6.03. The Morgan fingerprint density at radius 1 is 0.643 bits per heavy atom. The summed E-state index contributed by atoms with van der Waals surface area (Å²) in [5.74, 6) is 0. The van der Waals surface area contributed by atoms with Crippen molar-refractivity contribution in [2.24, 2.45) is 0 Å². The highest BCUT2D eigenvalue weighted by Gasteiger charge is 2.16. The second-order valence-electron chi connectivity index (χ2n) is 3.31. The standard InChI is InChI=1S/C8H16N6/c1-14(2)8-6(12)4(10)3(9)5(11)7(8)13/h9-13H2,1-2H3. The Hall–Kier alpha value is -1.98. The molecule has 1 rings (SSSR count). The molecule has 0 unspecified atom stereocenters. The Labute approximate surface area is 82.6 Å². The molecule has 0 amide bonds. The topological polar surface area (TPSA) is 133 Å². The van der Waals surface area contributed by atoms with Gasteiger partial charge < -0.3 is 33.6 Å². The lowest BCUT2D eigenvalue weighted by Crippen LogP contribution is -2.17. The molecule has 1 aromatic carbocycles. The Morgan fingerprint density at radius 3 is 1.21 bits per heavy atom. The van der Waals surface area contributed by atoms with Crippen LogP contribution in [0.2, 0.25) is 0 Å². The number of benzene rings is 1. The van der Waals surface area contributed by atoms with E-state index in [0.29, 0.717) is 17.1 Å². The van der Waals surface area contributed by atoms with Gasteiger partial charge in [-0.3, -0.25) is 0 Å². The zero-order valence-electron chi connectivity index (χ0n) is 8.33. The molecule has 0 fully saturated rings. The van der Waals surface area contributed by atoms with E-state index in [9.17, 15) is 0 Å². The number of rotatable bonds is 1. The fourth-order valence-corrected chi connectivity index (χ4v) is 1.32. The van der Waals surface area contributed by atoms with Gasteiger partial charge in [-0.05, 0) is 0 Å². The molecule has 1 aromatic rings. The average molecular weight is 196 g/mol. The first kappa shape index (κ1) is 10.1. The lowest BCUT2D eigenvalue weighted by Gasteiger charge is -2.21. The van der Waals surface area contributed by atoms with Gasteiger partial charge in [-0.15, -0.1) is 0 Å². The van der Waals surface area contributed by atoms with Crippen LogP contribution in [0.4, 0.5) is 34.1 Å². The Balaban J connectivity index is 3.60. The first-order chi connectivity index (χ1) is 6.37. The molecule has 6 nitrogen and oxygen atoms in total. The molecule has 0 heterocycles. The van der Waals surface area contributed by atoms with Crippen LogP contribution in [0.25, 0.3) is 0 Å². The van der Waals surface area contributed by atoms with Crippen molar-refractivity contribution in [2.45, 2.75) is 0 Å². The lowest BCUT2D eigenvalue weighted by atomic mass is 10.1. The number of nitrogen functional groups attached to an aromatic ring is 5. The summed E-state index contributed by atoms with van der Waals surface area (Å²) < 4.78 is 0. The minimum Gasteiger partial charge on any atom is -0.395 e. The summed E-state index contributed by atoms with van der Waals surface area (Å²) in [7, 11) is 3.61. The number of nitrogens with two attached hydrogens (primary N) is 5. The molecule has 14 heavy (non-hydrogen) atoms. The summed E-state index contributed by atoms with van der Waals surface area (Å²) in [5, 5.41) is 0. The van der Waals surface area contributed by atoms with Crippen molar-refractivity contribution in [2.75, 3.05) is 47.7 Å². The van der Waals surface area contributed by atoms with Gasteiger partial charge >= 0.3 is 0 Å². The van der Waals surface area contributed by atoms with E-state index in [4.69, 9.17) is 28.7 Å². The normalized spacial score (nSPS) is 10.1. The van der Waals surface area contributed by atoms with Crippen LogP contribution in [-0.2, 0) is 0 Å². The molecule has 0 saturated heterocycles. The van der Waals surface area contributed by atoms with Gasteiger partial charge in [0.05, 0.1) is 34.1 Å². The maximum Gasteiger partial charge on any atom is 0.0872 e. The minimum atomic E-state index is 0.241. The largest absolute Gasteiger partial charge is 0.395 e.